The number of nitrogens with zero attached hydrogens (tertiary/aromatic N) is 2. The van der Waals surface area contributed by atoms with Gasteiger partial charge >= 0.3 is 0 Å². The zero-order valence-electron chi connectivity index (χ0n) is 11.8. The molecule has 0 unspecified atom stereocenters. The third-order valence-corrected chi connectivity index (χ3v) is 2.79. The molecule has 0 aromatic rings. The third-order valence-electron chi connectivity index (χ3n) is 2.79. The SMILES string of the molecule is CCNCCCCCN(C)CCCN(C)C. The first kappa shape index (κ1) is 15.9. The molecule has 16 heavy (non-hydrogen) atoms. The van der Waals surface area contributed by atoms with Gasteiger partial charge in [0.2, 0.25) is 0 Å². The van der Waals surface area contributed by atoms with E-state index in [2.05, 4.69) is 43.2 Å². The fourth-order valence-electron chi connectivity index (χ4n) is 1.75. The highest BCUT2D eigenvalue weighted by atomic mass is 15.1. The van der Waals surface area contributed by atoms with Crippen LogP contribution in [0.4, 0.5) is 0 Å². The van der Waals surface area contributed by atoms with Crippen molar-refractivity contribution in [2.24, 2.45) is 0 Å². The molecule has 0 spiro atoms. The predicted molar refractivity (Wildman–Crippen MR) is 73.1 cm³/mol. The number of unbranched alkanes of at least 4 members (excludes halogenated alkanes) is 2. The minimum absolute atomic E-state index is 1.10. The summed E-state index contributed by atoms with van der Waals surface area (Å²) in [6.07, 6.45) is 5.29. The van der Waals surface area contributed by atoms with Crippen LogP contribution in [0, 0.1) is 0 Å². The van der Waals surface area contributed by atoms with Crippen LogP contribution < -0.4 is 5.32 Å². The molecular weight excluding hydrogens is 198 g/mol. The van der Waals surface area contributed by atoms with E-state index in [0.29, 0.717) is 0 Å². The highest BCUT2D eigenvalue weighted by molar-refractivity contribution is 4.55. The maximum atomic E-state index is 3.36. The molecule has 0 radical (unpaired) electrons. The third kappa shape index (κ3) is 12.0. The van der Waals surface area contributed by atoms with E-state index >= 15 is 0 Å². The van der Waals surface area contributed by atoms with Gasteiger partial charge in [0.05, 0.1) is 0 Å². The molecule has 0 aromatic carbocycles. The Kier molecular flexibility index (Phi) is 11.3. The Balaban J connectivity index is 3.14. The summed E-state index contributed by atoms with van der Waals surface area (Å²) in [5.41, 5.74) is 0. The lowest BCUT2D eigenvalue weighted by Crippen LogP contribution is -2.24. The first-order valence-corrected chi connectivity index (χ1v) is 6.70. The van der Waals surface area contributed by atoms with E-state index in [4.69, 9.17) is 0 Å². The second-order valence-electron chi connectivity index (χ2n) is 4.87. The van der Waals surface area contributed by atoms with Crippen molar-refractivity contribution >= 4 is 0 Å². The van der Waals surface area contributed by atoms with Crippen molar-refractivity contribution in [2.45, 2.75) is 32.6 Å². The van der Waals surface area contributed by atoms with E-state index < -0.39 is 0 Å². The van der Waals surface area contributed by atoms with Crippen LogP contribution in [0.3, 0.4) is 0 Å². The number of hydrogen-bond acceptors (Lipinski definition) is 3. The molecule has 0 saturated heterocycles. The van der Waals surface area contributed by atoms with Crippen molar-refractivity contribution in [1.82, 2.24) is 15.1 Å². The van der Waals surface area contributed by atoms with Gasteiger partial charge in [-0.05, 0) is 73.1 Å². The number of hydrogen-bond donors (Lipinski definition) is 1. The van der Waals surface area contributed by atoms with Crippen molar-refractivity contribution in [3.8, 4) is 0 Å². The summed E-state index contributed by atoms with van der Waals surface area (Å²) in [5, 5.41) is 3.36. The molecule has 0 aromatic heterocycles. The maximum absolute atomic E-state index is 3.36. The zero-order chi connectivity index (χ0) is 12.2. The van der Waals surface area contributed by atoms with E-state index in [-0.39, 0.29) is 0 Å². The van der Waals surface area contributed by atoms with Gasteiger partial charge in [-0.1, -0.05) is 13.3 Å². The summed E-state index contributed by atoms with van der Waals surface area (Å²) in [4.78, 5) is 4.71. The van der Waals surface area contributed by atoms with Gasteiger partial charge in [-0.2, -0.15) is 0 Å². The van der Waals surface area contributed by atoms with E-state index in [1.807, 2.05) is 0 Å². The molecule has 0 bridgehead atoms. The fourth-order valence-corrected chi connectivity index (χ4v) is 1.75. The van der Waals surface area contributed by atoms with Crippen LogP contribution in [0.5, 0.6) is 0 Å². The van der Waals surface area contributed by atoms with Gasteiger partial charge in [0, 0.05) is 0 Å². The topological polar surface area (TPSA) is 18.5 Å². The van der Waals surface area contributed by atoms with Gasteiger partial charge in [0.15, 0.2) is 0 Å². The monoisotopic (exact) mass is 229 g/mol. The van der Waals surface area contributed by atoms with Crippen LogP contribution in [0.15, 0.2) is 0 Å². The molecule has 0 atom stereocenters. The van der Waals surface area contributed by atoms with E-state index in [0.717, 1.165) is 6.54 Å². The van der Waals surface area contributed by atoms with Crippen molar-refractivity contribution < 1.29 is 0 Å². The van der Waals surface area contributed by atoms with E-state index in [1.165, 1.54) is 51.9 Å². The largest absolute Gasteiger partial charge is 0.317 e. The quantitative estimate of drug-likeness (QED) is 0.544. The van der Waals surface area contributed by atoms with Crippen molar-refractivity contribution in [2.75, 3.05) is 53.9 Å². The Morgan fingerprint density at radius 2 is 1.50 bits per heavy atom. The average Bonchev–Trinajstić information content (AvgIpc) is 2.22. The molecule has 0 fully saturated rings. The molecule has 0 heterocycles. The molecule has 0 rings (SSSR count). The smallest absolute Gasteiger partial charge is 0.000960 e. The second kappa shape index (κ2) is 11.4. The highest BCUT2D eigenvalue weighted by Gasteiger charge is 1.98. The first-order chi connectivity index (χ1) is 7.66. The van der Waals surface area contributed by atoms with E-state index in [1.54, 1.807) is 0 Å². The lowest BCUT2D eigenvalue weighted by Gasteiger charge is -2.17. The Hall–Kier alpha value is -0.120. The van der Waals surface area contributed by atoms with Gasteiger partial charge in [0.1, 0.15) is 0 Å². The van der Waals surface area contributed by atoms with Crippen molar-refractivity contribution in [3.05, 3.63) is 0 Å². The Bertz CT molecular complexity index is 137. The Morgan fingerprint density at radius 1 is 0.812 bits per heavy atom. The Morgan fingerprint density at radius 3 is 2.12 bits per heavy atom. The highest BCUT2D eigenvalue weighted by Crippen LogP contribution is 1.97. The van der Waals surface area contributed by atoms with Crippen LogP contribution in [0.2, 0.25) is 0 Å². The van der Waals surface area contributed by atoms with E-state index in [9.17, 15) is 0 Å². The lowest BCUT2D eigenvalue weighted by atomic mass is 10.2. The summed E-state index contributed by atoms with van der Waals surface area (Å²) in [6.45, 7) is 8.12. The van der Waals surface area contributed by atoms with Crippen LogP contribution in [-0.2, 0) is 0 Å². The molecule has 0 aliphatic carbocycles. The van der Waals surface area contributed by atoms with Crippen molar-refractivity contribution in [3.63, 3.8) is 0 Å². The lowest BCUT2D eigenvalue weighted by molar-refractivity contribution is 0.294. The molecule has 3 heteroatoms. The summed E-state index contributed by atoms with van der Waals surface area (Å²) in [6, 6.07) is 0. The molecule has 1 N–H and O–H groups in total. The standard InChI is InChI=1S/C13H31N3/c1-5-14-10-7-6-8-12-16(4)13-9-11-15(2)3/h14H,5-13H2,1-4H3. The molecule has 0 aliphatic rings. The fraction of sp³-hybridized carbons (Fsp3) is 1.00. The van der Waals surface area contributed by atoms with Gasteiger partial charge in [-0.15, -0.1) is 0 Å². The number of rotatable bonds is 11. The Labute approximate surface area is 102 Å². The predicted octanol–water partition coefficient (Wildman–Crippen LogP) is 1.65. The van der Waals surface area contributed by atoms with Gasteiger partial charge in [0.25, 0.3) is 0 Å². The maximum Gasteiger partial charge on any atom is -0.000960 e. The first-order valence-electron chi connectivity index (χ1n) is 6.70. The molecule has 0 aliphatic heterocycles. The molecule has 0 amide bonds. The van der Waals surface area contributed by atoms with Gasteiger partial charge < -0.3 is 15.1 Å². The van der Waals surface area contributed by atoms with Crippen LogP contribution in [0.25, 0.3) is 0 Å². The van der Waals surface area contributed by atoms with Crippen LogP contribution >= 0.6 is 0 Å². The summed E-state index contributed by atoms with van der Waals surface area (Å²) in [5.74, 6) is 0. The second-order valence-corrected chi connectivity index (χ2v) is 4.87. The number of nitrogens with one attached hydrogen (secondary N) is 1. The minimum Gasteiger partial charge on any atom is -0.317 e. The molecule has 0 saturated carbocycles. The molecule has 98 valence electrons. The summed E-state index contributed by atoms with van der Waals surface area (Å²) < 4.78 is 0. The molecular formula is C13H31N3. The average molecular weight is 229 g/mol. The van der Waals surface area contributed by atoms with Gasteiger partial charge in [-0.25, -0.2) is 0 Å². The van der Waals surface area contributed by atoms with Crippen LogP contribution in [0.1, 0.15) is 32.6 Å². The molecule has 3 nitrogen and oxygen atoms in total. The normalized spacial score (nSPS) is 11.6. The van der Waals surface area contributed by atoms with Crippen LogP contribution in [-0.4, -0.2) is 63.7 Å². The van der Waals surface area contributed by atoms with Gasteiger partial charge in [-0.3, -0.25) is 0 Å². The zero-order valence-corrected chi connectivity index (χ0v) is 11.8. The summed E-state index contributed by atoms with van der Waals surface area (Å²) >= 11 is 0. The minimum atomic E-state index is 1.10. The van der Waals surface area contributed by atoms with Crippen molar-refractivity contribution in [1.29, 1.82) is 0 Å². The summed E-state index contributed by atoms with van der Waals surface area (Å²) in [7, 11) is 6.52.